The zero-order valence-corrected chi connectivity index (χ0v) is 4.90. The summed E-state index contributed by atoms with van der Waals surface area (Å²) in [7, 11) is 1.06. The van der Waals surface area contributed by atoms with Crippen molar-refractivity contribution in [1.82, 2.24) is 0 Å². The van der Waals surface area contributed by atoms with Gasteiger partial charge < -0.3 is 4.74 Å². The number of hydrogen-bond donors (Lipinski definition) is 0. The number of hydrogen-bond acceptors (Lipinski definition) is 1. The van der Waals surface area contributed by atoms with Gasteiger partial charge in [0.2, 0.25) is 0 Å². The molecule has 1 fully saturated rings. The largest absolute Gasteiger partial charge is 0.374 e. The lowest BCUT2D eigenvalue weighted by molar-refractivity contribution is 0.155. The Morgan fingerprint density at radius 3 is 2.83 bits per heavy atom. The maximum atomic E-state index is 5.17. The molecule has 0 radical (unpaired) electrons. The molecule has 1 nitrogen and oxygen atoms in total. The summed E-state index contributed by atoms with van der Waals surface area (Å²) in [6, 6.07) is 0. The highest BCUT2D eigenvalue weighted by Crippen LogP contribution is 2.24. The summed E-state index contributed by atoms with van der Waals surface area (Å²) >= 11 is 0. The second kappa shape index (κ2) is 1.90. The smallest absolute Gasteiger partial charge is 0.0710 e. The fraction of sp³-hybridized carbons (Fsp3) is 1.00. The van der Waals surface area contributed by atoms with E-state index in [4.69, 9.17) is 4.74 Å². The highest BCUT2D eigenvalue weighted by molar-refractivity contribution is 7.38. The van der Waals surface area contributed by atoms with E-state index in [9.17, 15) is 0 Å². The molecule has 1 aliphatic heterocycles. The predicted octanol–water partition coefficient (Wildman–Crippen LogP) is 1.04. The van der Waals surface area contributed by atoms with E-state index in [2.05, 4.69) is 6.92 Å². The first-order valence-corrected chi connectivity index (χ1v) is 3.53. The van der Waals surface area contributed by atoms with Crippen LogP contribution in [0.5, 0.6) is 0 Å². The quantitative estimate of drug-likeness (QED) is 0.417. The minimum atomic E-state index is 0.574. The van der Waals surface area contributed by atoms with Gasteiger partial charge in [0.05, 0.1) is 12.5 Å². The lowest BCUT2D eigenvalue weighted by Crippen LogP contribution is -1.90. The fourth-order valence-corrected chi connectivity index (χ4v) is 1.43. The van der Waals surface area contributed by atoms with Crippen molar-refractivity contribution in [2.24, 2.45) is 0 Å². The van der Waals surface area contributed by atoms with Gasteiger partial charge in [-0.2, -0.15) is 0 Å². The van der Waals surface area contributed by atoms with Gasteiger partial charge in [0.15, 0.2) is 0 Å². The molecule has 1 aliphatic rings. The molecular weight excluding hydrogens is 95.0 g/mol. The average Bonchev–Trinajstić information content (AvgIpc) is 1.86. The zero-order chi connectivity index (χ0) is 4.41. The van der Waals surface area contributed by atoms with Crippen molar-refractivity contribution >= 4 is 8.58 Å². The standard InChI is InChI=1S/C4H9OP/c1-4-5-2-3-6-4/h4,6H,2-3H2,1H3. The molecule has 0 amide bonds. The molecular formula is C4H9OP. The number of ether oxygens (including phenoxy) is 1. The molecule has 0 N–H and O–H groups in total. The molecule has 0 aliphatic carbocycles. The molecule has 6 heavy (non-hydrogen) atoms. The lowest BCUT2D eigenvalue weighted by atomic mass is 10.8. The first kappa shape index (κ1) is 4.55. The van der Waals surface area contributed by atoms with Gasteiger partial charge in [0.1, 0.15) is 0 Å². The average molecular weight is 104 g/mol. The molecule has 1 saturated heterocycles. The molecule has 0 bridgehead atoms. The Kier molecular flexibility index (Phi) is 1.44. The van der Waals surface area contributed by atoms with E-state index in [-0.39, 0.29) is 0 Å². The van der Waals surface area contributed by atoms with E-state index in [1.165, 1.54) is 6.16 Å². The normalized spacial score (nSPS) is 38.5. The van der Waals surface area contributed by atoms with Crippen molar-refractivity contribution in [2.75, 3.05) is 12.8 Å². The van der Waals surface area contributed by atoms with Crippen LogP contribution in [0.1, 0.15) is 6.92 Å². The topological polar surface area (TPSA) is 9.23 Å². The van der Waals surface area contributed by atoms with Crippen molar-refractivity contribution in [3.8, 4) is 0 Å². The zero-order valence-electron chi connectivity index (χ0n) is 3.90. The predicted molar refractivity (Wildman–Crippen MR) is 28.6 cm³/mol. The monoisotopic (exact) mass is 104 g/mol. The van der Waals surface area contributed by atoms with Crippen molar-refractivity contribution in [3.63, 3.8) is 0 Å². The van der Waals surface area contributed by atoms with E-state index in [0.717, 1.165) is 15.2 Å². The molecule has 2 heteroatoms. The van der Waals surface area contributed by atoms with Crippen molar-refractivity contribution in [1.29, 1.82) is 0 Å². The molecule has 0 aromatic carbocycles. The van der Waals surface area contributed by atoms with E-state index >= 15 is 0 Å². The third-order valence-corrected chi connectivity index (χ3v) is 2.14. The van der Waals surface area contributed by atoms with Crippen LogP contribution >= 0.6 is 8.58 Å². The van der Waals surface area contributed by atoms with Gasteiger partial charge in [-0.3, -0.25) is 0 Å². The summed E-state index contributed by atoms with van der Waals surface area (Å²) in [4.78, 5) is 0. The van der Waals surface area contributed by atoms with Gasteiger partial charge in [-0.05, 0) is 13.1 Å². The molecule has 0 aromatic heterocycles. The second-order valence-corrected chi connectivity index (χ2v) is 3.19. The highest BCUT2D eigenvalue weighted by Gasteiger charge is 2.06. The summed E-state index contributed by atoms with van der Waals surface area (Å²) in [5, 5.41) is 0. The second-order valence-electron chi connectivity index (χ2n) is 1.47. The Balaban J connectivity index is 2.18. The van der Waals surface area contributed by atoms with E-state index < -0.39 is 0 Å². The Bertz CT molecular complexity index is 40.8. The summed E-state index contributed by atoms with van der Waals surface area (Å²) in [5.41, 5.74) is 0. The Hall–Kier alpha value is 0.390. The molecule has 36 valence electrons. The van der Waals surface area contributed by atoms with Gasteiger partial charge in [0, 0.05) is 0 Å². The Morgan fingerprint density at radius 1 is 1.83 bits per heavy atom. The van der Waals surface area contributed by atoms with Gasteiger partial charge in [-0.15, -0.1) is 0 Å². The van der Waals surface area contributed by atoms with Crippen LogP contribution in [0, 0.1) is 0 Å². The SMILES string of the molecule is CC1OCCP1. The van der Waals surface area contributed by atoms with Crippen LogP contribution in [0.3, 0.4) is 0 Å². The maximum Gasteiger partial charge on any atom is 0.0710 e. The third-order valence-electron chi connectivity index (χ3n) is 0.902. The fourth-order valence-electron chi connectivity index (χ4n) is 0.557. The minimum absolute atomic E-state index is 0.574. The van der Waals surface area contributed by atoms with Gasteiger partial charge in [0.25, 0.3) is 0 Å². The van der Waals surface area contributed by atoms with Gasteiger partial charge in [-0.1, -0.05) is 8.58 Å². The molecule has 0 spiro atoms. The maximum absolute atomic E-state index is 5.17. The van der Waals surface area contributed by atoms with Crippen LogP contribution in [-0.2, 0) is 4.74 Å². The van der Waals surface area contributed by atoms with Crippen molar-refractivity contribution in [3.05, 3.63) is 0 Å². The lowest BCUT2D eigenvalue weighted by Gasteiger charge is -1.94. The molecule has 0 aromatic rings. The Labute approximate surface area is 39.9 Å². The van der Waals surface area contributed by atoms with E-state index in [1.54, 1.807) is 0 Å². The van der Waals surface area contributed by atoms with E-state index in [0.29, 0.717) is 5.85 Å². The molecule has 1 rings (SSSR count). The van der Waals surface area contributed by atoms with Crippen LogP contribution in [-0.4, -0.2) is 18.6 Å². The summed E-state index contributed by atoms with van der Waals surface area (Å²) < 4.78 is 5.17. The van der Waals surface area contributed by atoms with Crippen molar-refractivity contribution in [2.45, 2.75) is 12.8 Å². The van der Waals surface area contributed by atoms with Crippen LogP contribution < -0.4 is 0 Å². The first-order valence-electron chi connectivity index (χ1n) is 2.24. The van der Waals surface area contributed by atoms with Gasteiger partial charge in [-0.25, -0.2) is 0 Å². The minimum Gasteiger partial charge on any atom is -0.374 e. The van der Waals surface area contributed by atoms with Gasteiger partial charge >= 0.3 is 0 Å². The molecule has 2 unspecified atom stereocenters. The van der Waals surface area contributed by atoms with Crippen LogP contribution in [0.25, 0.3) is 0 Å². The van der Waals surface area contributed by atoms with Crippen LogP contribution in [0.15, 0.2) is 0 Å². The summed E-state index contributed by atoms with van der Waals surface area (Å²) in [5.74, 6) is 0.574. The molecule has 1 heterocycles. The van der Waals surface area contributed by atoms with Crippen LogP contribution in [0.4, 0.5) is 0 Å². The van der Waals surface area contributed by atoms with E-state index in [1.807, 2.05) is 0 Å². The third kappa shape index (κ3) is 0.924. The highest BCUT2D eigenvalue weighted by atomic mass is 31.1. The summed E-state index contributed by atoms with van der Waals surface area (Å²) in [6.07, 6.45) is 1.29. The van der Waals surface area contributed by atoms with Crippen molar-refractivity contribution < 1.29 is 4.74 Å². The molecule has 0 saturated carbocycles. The van der Waals surface area contributed by atoms with Crippen LogP contribution in [0.2, 0.25) is 0 Å². The Morgan fingerprint density at radius 2 is 2.67 bits per heavy atom. The molecule has 2 atom stereocenters. The first-order chi connectivity index (χ1) is 2.89. The number of rotatable bonds is 0. The summed E-state index contributed by atoms with van der Waals surface area (Å²) in [6.45, 7) is 3.13.